The molecule has 1 aromatic rings. The highest BCUT2D eigenvalue weighted by atomic mass is 16.6. The number of nitrogens with zero attached hydrogens (tertiary/aromatic N) is 1. The maximum Gasteiger partial charge on any atom is 0.338 e. The van der Waals surface area contributed by atoms with Gasteiger partial charge in [-0.2, -0.15) is 0 Å². The number of nitro benzene ring substituents is 1. The Morgan fingerprint density at radius 1 is 1.47 bits per heavy atom. The van der Waals surface area contributed by atoms with Crippen LogP contribution in [0, 0.1) is 22.5 Å². The molecule has 0 radical (unpaired) electrons. The minimum atomic E-state index is -0.820. The van der Waals surface area contributed by atoms with Gasteiger partial charge < -0.3 is 10.1 Å². The van der Waals surface area contributed by atoms with Crippen molar-refractivity contribution in [2.75, 3.05) is 13.2 Å². The molecule has 1 aromatic carbocycles. The monoisotopic (exact) mass is 262 g/mol. The van der Waals surface area contributed by atoms with Crippen LogP contribution in [-0.4, -0.2) is 30.0 Å². The highest BCUT2D eigenvalue weighted by Gasteiger charge is 2.13. The van der Waals surface area contributed by atoms with E-state index >= 15 is 0 Å². The Morgan fingerprint density at radius 2 is 2.21 bits per heavy atom. The van der Waals surface area contributed by atoms with E-state index in [4.69, 9.17) is 6.42 Å². The summed E-state index contributed by atoms with van der Waals surface area (Å²) in [7, 11) is 0. The first-order chi connectivity index (χ1) is 9.04. The molecule has 0 saturated heterocycles. The van der Waals surface area contributed by atoms with Crippen molar-refractivity contribution in [1.82, 2.24) is 5.32 Å². The first kappa shape index (κ1) is 14.2. The third-order valence-corrected chi connectivity index (χ3v) is 2.01. The number of amides is 1. The fraction of sp³-hybridized carbons (Fsp3) is 0.167. The topological polar surface area (TPSA) is 98.5 Å². The van der Waals surface area contributed by atoms with Crippen LogP contribution in [0.4, 0.5) is 5.69 Å². The van der Waals surface area contributed by atoms with Crippen LogP contribution in [0.2, 0.25) is 0 Å². The number of hydrogen-bond acceptors (Lipinski definition) is 5. The Labute approximate surface area is 108 Å². The van der Waals surface area contributed by atoms with E-state index in [1.807, 2.05) is 0 Å². The first-order valence-corrected chi connectivity index (χ1v) is 5.16. The van der Waals surface area contributed by atoms with E-state index in [1.54, 1.807) is 0 Å². The van der Waals surface area contributed by atoms with Crippen LogP contribution in [0.25, 0.3) is 0 Å². The molecule has 0 aliphatic rings. The summed E-state index contributed by atoms with van der Waals surface area (Å²) < 4.78 is 4.68. The van der Waals surface area contributed by atoms with Crippen molar-refractivity contribution in [3.63, 3.8) is 0 Å². The molecule has 0 heterocycles. The van der Waals surface area contributed by atoms with Crippen molar-refractivity contribution in [1.29, 1.82) is 0 Å². The second-order valence-electron chi connectivity index (χ2n) is 3.36. The molecule has 0 aliphatic heterocycles. The lowest BCUT2D eigenvalue weighted by atomic mass is 10.2. The van der Waals surface area contributed by atoms with Crippen molar-refractivity contribution >= 4 is 17.6 Å². The third-order valence-electron chi connectivity index (χ3n) is 2.01. The Hall–Kier alpha value is -2.88. The molecule has 1 N–H and O–H groups in total. The van der Waals surface area contributed by atoms with Gasteiger partial charge >= 0.3 is 5.97 Å². The Bertz CT molecular complexity index is 547. The van der Waals surface area contributed by atoms with Crippen molar-refractivity contribution in [2.24, 2.45) is 0 Å². The van der Waals surface area contributed by atoms with Crippen molar-refractivity contribution in [3.05, 3.63) is 39.9 Å². The molecule has 98 valence electrons. The Morgan fingerprint density at radius 3 is 2.84 bits per heavy atom. The van der Waals surface area contributed by atoms with Crippen molar-refractivity contribution < 1.29 is 19.2 Å². The van der Waals surface area contributed by atoms with E-state index in [9.17, 15) is 19.7 Å². The minimum Gasteiger partial charge on any atom is -0.452 e. The summed E-state index contributed by atoms with van der Waals surface area (Å²) in [5, 5.41) is 12.8. The predicted molar refractivity (Wildman–Crippen MR) is 65.2 cm³/mol. The molecular formula is C12H10N2O5. The quantitative estimate of drug-likeness (QED) is 0.360. The predicted octanol–water partition coefficient (Wildman–Crippen LogP) is 0.501. The Balaban J connectivity index is 2.59. The lowest BCUT2D eigenvalue weighted by Gasteiger charge is -2.04. The molecule has 7 heteroatoms. The second-order valence-corrected chi connectivity index (χ2v) is 3.36. The summed E-state index contributed by atoms with van der Waals surface area (Å²) in [5.41, 5.74) is -0.231. The largest absolute Gasteiger partial charge is 0.452 e. The van der Waals surface area contributed by atoms with E-state index < -0.39 is 23.4 Å². The van der Waals surface area contributed by atoms with E-state index in [0.29, 0.717) is 0 Å². The summed E-state index contributed by atoms with van der Waals surface area (Å²) >= 11 is 0. The van der Waals surface area contributed by atoms with Gasteiger partial charge in [0.1, 0.15) is 0 Å². The van der Waals surface area contributed by atoms with E-state index in [0.717, 1.165) is 6.07 Å². The molecule has 0 atom stereocenters. The number of ether oxygens (including phenoxy) is 1. The molecule has 0 aromatic heterocycles. The summed E-state index contributed by atoms with van der Waals surface area (Å²) in [6.45, 7) is -0.462. The molecule has 0 saturated carbocycles. The minimum absolute atomic E-state index is 0.000972. The first-order valence-electron chi connectivity index (χ1n) is 5.16. The number of carbonyl (C=O) groups is 2. The van der Waals surface area contributed by atoms with Gasteiger partial charge in [0.25, 0.3) is 11.6 Å². The number of carbonyl (C=O) groups excluding carboxylic acids is 2. The van der Waals surface area contributed by atoms with Crippen molar-refractivity contribution in [3.8, 4) is 12.3 Å². The van der Waals surface area contributed by atoms with Crippen LogP contribution in [0.5, 0.6) is 0 Å². The molecule has 1 amide bonds. The Kier molecular flexibility index (Phi) is 5.04. The second kappa shape index (κ2) is 6.76. The van der Waals surface area contributed by atoms with Crippen LogP contribution in [-0.2, 0) is 9.53 Å². The SMILES string of the molecule is C#CCNC(=O)COC(=O)c1cccc([N+](=O)[O-])c1. The molecular weight excluding hydrogens is 252 g/mol. The van der Waals surface area contributed by atoms with Gasteiger partial charge in [-0.15, -0.1) is 6.42 Å². The zero-order valence-corrected chi connectivity index (χ0v) is 9.79. The average Bonchev–Trinajstić information content (AvgIpc) is 2.42. The van der Waals surface area contributed by atoms with Gasteiger partial charge in [0.2, 0.25) is 0 Å². The number of nitrogens with one attached hydrogen (secondary N) is 1. The van der Waals surface area contributed by atoms with Gasteiger partial charge in [0.05, 0.1) is 17.0 Å². The summed E-state index contributed by atoms with van der Waals surface area (Å²) in [4.78, 5) is 32.6. The molecule has 19 heavy (non-hydrogen) atoms. The molecule has 7 nitrogen and oxygen atoms in total. The zero-order chi connectivity index (χ0) is 14.3. The lowest BCUT2D eigenvalue weighted by Crippen LogP contribution is -2.28. The maximum atomic E-state index is 11.5. The number of hydrogen-bond donors (Lipinski definition) is 1. The van der Waals surface area contributed by atoms with Gasteiger partial charge in [0, 0.05) is 12.1 Å². The fourth-order valence-electron chi connectivity index (χ4n) is 1.16. The van der Waals surface area contributed by atoms with Gasteiger partial charge in [-0.3, -0.25) is 14.9 Å². The number of esters is 1. The summed E-state index contributed by atoms with van der Waals surface area (Å²) in [6, 6.07) is 5.03. The van der Waals surface area contributed by atoms with E-state index in [-0.39, 0.29) is 17.8 Å². The van der Waals surface area contributed by atoms with Crippen LogP contribution < -0.4 is 5.32 Å². The molecule has 1 rings (SSSR count). The van der Waals surface area contributed by atoms with Crippen LogP contribution in [0.3, 0.4) is 0 Å². The summed E-state index contributed by atoms with van der Waals surface area (Å²) in [6.07, 6.45) is 4.93. The van der Waals surface area contributed by atoms with Gasteiger partial charge in [-0.05, 0) is 6.07 Å². The number of non-ortho nitro benzene ring substituents is 1. The molecule has 0 aliphatic carbocycles. The highest BCUT2D eigenvalue weighted by molar-refractivity contribution is 5.91. The van der Waals surface area contributed by atoms with E-state index in [2.05, 4.69) is 16.0 Å². The smallest absolute Gasteiger partial charge is 0.338 e. The normalized spacial score (nSPS) is 9.21. The number of terminal acetylenes is 1. The molecule has 0 fully saturated rings. The molecule has 0 bridgehead atoms. The fourth-order valence-corrected chi connectivity index (χ4v) is 1.16. The lowest BCUT2D eigenvalue weighted by molar-refractivity contribution is -0.384. The van der Waals surface area contributed by atoms with Crippen LogP contribution >= 0.6 is 0 Å². The average molecular weight is 262 g/mol. The summed E-state index contributed by atoms with van der Waals surface area (Å²) in [5.74, 6) is 0.826. The van der Waals surface area contributed by atoms with Gasteiger partial charge in [0.15, 0.2) is 6.61 Å². The van der Waals surface area contributed by atoms with Crippen LogP contribution in [0.15, 0.2) is 24.3 Å². The number of nitro groups is 1. The van der Waals surface area contributed by atoms with E-state index in [1.165, 1.54) is 18.2 Å². The van der Waals surface area contributed by atoms with Crippen molar-refractivity contribution in [2.45, 2.75) is 0 Å². The van der Waals surface area contributed by atoms with Gasteiger partial charge in [-0.25, -0.2) is 4.79 Å². The standard InChI is InChI=1S/C12H10N2O5/c1-2-6-13-11(15)8-19-12(16)9-4-3-5-10(7-9)14(17)18/h1,3-5,7H,6,8H2,(H,13,15). The van der Waals surface area contributed by atoms with Crippen LogP contribution in [0.1, 0.15) is 10.4 Å². The molecule has 0 unspecified atom stereocenters. The maximum absolute atomic E-state index is 11.5. The van der Waals surface area contributed by atoms with Gasteiger partial charge in [-0.1, -0.05) is 12.0 Å². The zero-order valence-electron chi connectivity index (χ0n) is 9.79. The number of benzene rings is 1. The number of rotatable bonds is 5. The highest BCUT2D eigenvalue weighted by Crippen LogP contribution is 2.13. The molecule has 0 spiro atoms. The third kappa shape index (κ3) is 4.47.